The molecule has 0 atom stereocenters. The minimum Gasteiger partial charge on any atom is -0.232 e. The molecule has 0 aromatic carbocycles. The Bertz CT molecular complexity index is 287. The predicted octanol–water partition coefficient (Wildman–Crippen LogP) is 1.54. The van der Waals surface area contributed by atoms with Gasteiger partial charge in [-0.05, 0) is 6.42 Å². The Balaban J connectivity index is 2.28. The first-order valence-electron chi connectivity index (χ1n) is 3.94. The third-order valence-electron chi connectivity index (χ3n) is 1.85. The van der Waals surface area contributed by atoms with Gasteiger partial charge >= 0.3 is 5.25 Å². The molecule has 72 valence electrons. The summed E-state index contributed by atoms with van der Waals surface area (Å²) in [6.07, 6.45) is 2.14. The van der Waals surface area contributed by atoms with E-state index in [0.717, 1.165) is 0 Å². The summed E-state index contributed by atoms with van der Waals surface area (Å²) in [5.74, 6) is 5.44. The highest BCUT2D eigenvalue weighted by atomic mass is 32.2. The zero-order chi connectivity index (χ0) is 9.47. The number of rotatable bonds is 0. The number of nitrogens with two attached hydrogens (primary N) is 1. The number of hydrogen-bond acceptors (Lipinski definition) is 4. The van der Waals surface area contributed by atoms with Crippen molar-refractivity contribution < 1.29 is 8.78 Å². The van der Waals surface area contributed by atoms with Crippen molar-refractivity contribution in [2.45, 2.75) is 18.1 Å². The Morgan fingerprint density at radius 2 is 2.38 bits per heavy atom. The van der Waals surface area contributed by atoms with Crippen molar-refractivity contribution in [1.29, 1.82) is 0 Å². The van der Waals surface area contributed by atoms with Gasteiger partial charge in [0.1, 0.15) is 0 Å². The van der Waals surface area contributed by atoms with Gasteiger partial charge in [0.05, 0.1) is 18.7 Å². The van der Waals surface area contributed by atoms with Crippen molar-refractivity contribution in [3.8, 4) is 0 Å². The van der Waals surface area contributed by atoms with Crippen LogP contribution in [0.5, 0.6) is 0 Å². The normalized spacial score (nSPS) is 26.2. The lowest BCUT2D eigenvalue weighted by atomic mass is 10.2. The van der Waals surface area contributed by atoms with Gasteiger partial charge in [0.25, 0.3) is 0 Å². The summed E-state index contributed by atoms with van der Waals surface area (Å²) in [7, 11) is 0. The summed E-state index contributed by atoms with van der Waals surface area (Å²) in [6.45, 7) is 0.582. The molecule has 2 aliphatic heterocycles. The molecular weight excluding hydrogens is 196 g/mol. The summed E-state index contributed by atoms with van der Waals surface area (Å²) < 4.78 is 25.8. The summed E-state index contributed by atoms with van der Waals surface area (Å²) >= 11 is 0.582. The van der Waals surface area contributed by atoms with Crippen LogP contribution >= 0.6 is 11.8 Å². The first kappa shape index (κ1) is 8.96. The van der Waals surface area contributed by atoms with Crippen LogP contribution in [0.25, 0.3) is 0 Å². The molecule has 0 spiro atoms. The second kappa shape index (κ2) is 2.95. The van der Waals surface area contributed by atoms with Crippen LogP contribution in [0.4, 0.5) is 8.78 Å². The van der Waals surface area contributed by atoms with E-state index in [4.69, 9.17) is 5.84 Å². The molecule has 0 aromatic heterocycles. The first-order chi connectivity index (χ1) is 6.07. The lowest BCUT2D eigenvalue weighted by Gasteiger charge is -2.09. The average Bonchev–Trinajstić information content (AvgIpc) is 2.15. The molecule has 2 aliphatic rings. The molecule has 0 aromatic rings. The van der Waals surface area contributed by atoms with Gasteiger partial charge < -0.3 is 0 Å². The number of hydrazone groups is 1. The molecule has 0 amide bonds. The maximum absolute atomic E-state index is 12.9. The Labute approximate surface area is 78.6 Å². The zero-order valence-electron chi connectivity index (χ0n) is 6.83. The predicted molar refractivity (Wildman–Crippen MR) is 48.2 cm³/mol. The largest absolute Gasteiger partial charge is 0.303 e. The fourth-order valence-electron chi connectivity index (χ4n) is 1.31. The van der Waals surface area contributed by atoms with E-state index < -0.39 is 5.25 Å². The van der Waals surface area contributed by atoms with Crippen molar-refractivity contribution in [1.82, 2.24) is 5.12 Å². The number of halogens is 2. The van der Waals surface area contributed by atoms with Gasteiger partial charge in [-0.15, -0.1) is 0 Å². The molecule has 0 radical (unpaired) electrons. The van der Waals surface area contributed by atoms with Crippen LogP contribution in [0.3, 0.4) is 0 Å². The molecule has 3 nitrogen and oxygen atoms in total. The van der Waals surface area contributed by atoms with Crippen LogP contribution in [-0.2, 0) is 0 Å². The molecule has 1 saturated heterocycles. The Hall–Kier alpha value is -0.620. The van der Waals surface area contributed by atoms with Crippen LogP contribution in [0, 0.1) is 0 Å². The van der Waals surface area contributed by atoms with Crippen molar-refractivity contribution in [2.75, 3.05) is 6.54 Å². The highest BCUT2D eigenvalue weighted by Gasteiger charge is 2.42. The molecule has 0 unspecified atom stereocenters. The van der Waals surface area contributed by atoms with Gasteiger partial charge in [-0.2, -0.15) is 13.9 Å². The summed E-state index contributed by atoms with van der Waals surface area (Å²) in [5.41, 5.74) is 0.412. The number of alkyl halides is 2. The monoisotopic (exact) mass is 205 g/mol. The highest BCUT2D eigenvalue weighted by Crippen LogP contribution is 2.47. The lowest BCUT2D eigenvalue weighted by molar-refractivity contribution is 0.118. The van der Waals surface area contributed by atoms with Gasteiger partial charge in [0.2, 0.25) is 0 Å². The van der Waals surface area contributed by atoms with E-state index >= 15 is 0 Å². The van der Waals surface area contributed by atoms with Gasteiger partial charge in [-0.1, -0.05) is 17.8 Å². The quantitative estimate of drug-likeness (QED) is 0.610. The number of allylic oxidation sites excluding steroid dienone is 1. The number of nitrogens with zero attached hydrogens (tertiary/aromatic N) is 2. The van der Waals surface area contributed by atoms with Crippen LogP contribution in [0.1, 0.15) is 12.8 Å². The maximum atomic E-state index is 12.9. The molecule has 0 bridgehead atoms. The molecule has 6 heteroatoms. The minimum atomic E-state index is -2.71. The van der Waals surface area contributed by atoms with Gasteiger partial charge in [0.15, 0.2) is 0 Å². The second-order valence-corrected chi connectivity index (χ2v) is 4.22. The van der Waals surface area contributed by atoms with Crippen molar-refractivity contribution >= 4 is 17.5 Å². The zero-order valence-corrected chi connectivity index (χ0v) is 7.65. The fraction of sp³-hybridized carbons (Fsp3) is 0.571. The molecule has 2 heterocycles. The highest BCUT2D eigenvalue weighted by molar-refractivity contribution is 8.05. The molecule has 2 rings (SSSR count). The van der Waals surface area contributed by atoms with E-state index in [-0.39, 0.29) is 6.42 Å². The summed E-state index contributed by atoms with van der Waals surface area (Å²) in [4.78, 5) is 0.581. The van der Waals surface area contributed by atoms with E-state index in [2.05, 4.69) is 5.10 Å². The number of thioether (sulfide) groups is 1. The molecule has 1 fully saturated rings. The smallest absolute Gasteiger partial charge is 0.232 e. The van der Waals surface area contributed by atoms with Crippen molar-refractivity contribution in [3.63, 3.8) is 0 Å². The van der Waals surface area contributed by atoms with Crippen molar-refractivity contribution in [2.24, 2.45) is 10.9 Å². The van der Waals surface area contributed by atoms with Gasteiger partial charge in [-0.3, -0.25) is 0 Å². The summed E-state index contributed by atoms with van der Waals surface area (Å²) in [5, 5.41) is 2.41. The lowest BCUT2D eigenvalue weighted by Crippen LogP contribution is -2.26. The van der Waals surface area contributed by atoms with E-state index in [1.807, 2.05) is 0 Å². The van der Waals surface area contributed by atoms with Gasteiger partial charge in [0, 0.05) is 4.91 Å². The molecule has 2 N–H and O–H groups in total. The number of hydrogen-bond donors (Lipinski definition) is 1. The van der Waals surface area contributed by atoms with Crippen LogP contribution in [0.15, 0.2) is 16.1 Å². The first-order valence-corrected chi connectivity index (χ1v) is 4.75. The molecule has 13 heavy (non-hydrogen) atoms. The Morgan fingerprint density at radius 3 is 3.15 bits per heavy atom. The number of fused-ring (bicyclic) bond motifs is 1. The Kier molecular flexibility index (Phi) is 2.03. The van der Waals surface area contributed by atoms with E-state index in [1.165, 1.54) is 5.12 Å². The standard InChI is InChI=1S/C7H9F2N3S/c8-7(9)4-5-6(13-7)2-1-3-12(10)11-5/h2H,1,3-4,10H2. The Morgan fingerprint density at radius 1 is 1.62 bits per heavy atom. The van der Waals surface area contributed by atoms with Crippen LogP contribution in [0.2, 0.25) is 0 Å². The van der Waals surface area contributed by atoms with Crippen LogP contribution < -0.4 is 5.84 Å². The minimum absolute atomic E-state index is 0.308. The fourth-order valence-corrected chi connectivity index (χ4v) is 2.28. The third-order valence-corrected chi connectivity index (χ3v) is 2.92. The SMILES string of the molecule is NN1CCC=C2SC(F)(F)CC2=N1. The van der Waals surface area contributed by atoms with Crippen LogP contribution in [-0.4, -0.2) is 22.6 Å². The van der Waals surface area contributed by atoms with E-state index in [9.17, 15) is 8.78 Å². The molecular formula is C7H9F2N3S. The maximum Gasteiger partial charge on any atom is 0.303 e. The average molecular weight is 205 g/mol. The number of hydrazine groups is 1. The topological polar surface area (TPSA) is 41.6 Å². The molecule has 0 saturated carbocycles. The molecule has 0 aliphatic carbocycles. The van der Waals surface area contributed by atoms with E-state index in [1.54, 1.807) is 6.08 Å². The summed E-state index contributed by atoms with van der Waals surface area (Å²) in [6, 6.07) is 0. The second-order valence-electron chi connectivity index (χ2n) is 2.98. The van der Waals surface area contributed by atoms with Gasteiger partial charge in [-0.25, -0.2) is 11.0 Å². The van der Waals surface area contributed by atoms with Crippen molar-refractivity contribution in [3.05, 3.63) is 11.0 Å². The van der Waals surface area contributed by atoms with E-state index in [0.29, 0.717) is 35.3 Å². The third kappa shape index (κ3) is 1.83.